The lowest BCUT2D eigenvalue weighted by atomic mass is 10.1. The Hall–Kier alpha value is -4.28. The second-order valence-electron chi connectivity index (χ2n) is 8.28. The van der Waals surface area contributed by atoms with E-state index in [-0.39, 0.29) is 34.9 Å². The van der Waals surface area contributed by atoms with Gasteiger partial charge in [-0.1, -0.05) is 6.07 Å². The Balaban J connectivity index is 1.59. The van der Waals surface area contributed by atoms with Crippen LogP contribution in [-0.2, 0) is 11.5 Å². The first kappa shape index (κ1) is 24.8. The molecule has 1 saturated heterocycles. The molecule has 9 nitrogen and oxygen atoms in total. The largest absolute Gasteiger partial charge is 0.439 e. The number of hydrogen-bond donors (Lipinski definition) is 2. The van der Waals surface area contributed by atoms with E-state index in [9.17, 15) is 18.4 Å². The molecule has 0 saturated carbocycles. The number of aromatic nitrogens is 3. The van der Waals surface area contributed by atoms with Gasteiger partial charge in [-0.25, -0.2) is 18.4 Å². The van der Waals surface area contributed by atoms with E-state index >= 15 is 0 Å². The predicted octanol–water partition coefficient (Wildman–Crippen LogP) is 3.58. The van der Waals surface area contributed by atoms with Crippen LogP contribution < -0.4 is 16.2 Å². The molecule has 3 heterocycles. The number of rotatable bonds is 8. The molecule has 1 atom stereocenters. The molecule has 0 bridgehead atoms. The van der Waals surface area contributed by atoms with Crippen molar-refractivity contribution in [2.75, 3.05) is 25.5 Å². The number of nitrogen functional groups attached to an aromatic ring is 1. The number of nitrogens with two attached hydrogens (primary N) is 2. The van der Waals surface area contributed by atoms with Gasteiger partial charge in [0.05, 0.1) is 11.7 Å². The number of primary amides is 1. The molecule has 1 fully saturated rings. The van der Waals surface area contributed by atoms with Crippen LogP contribution in [0, 0.1) is 0 Å². The highest BCUT2D eigenvalue weighted by Gasteiger charge is 2.29. The van der Waals surface area contributed by atoms with Crippen LogP contribution in [0.2, 0.25) is 0 Å². The third-order valence-corrected chi connectivity index (χ3v) is 5.87. The SMILES string of the molecule is NC(=O)c1c(-c2ccc(Oc3cccc(CF)n3)cc2)nn([C@@H]2CCCN(C(=O)/C=C/CF)C2)c1N. The van der Waals surface area contributed by atoms with Crippen LogP contribution in [0.4, 0.5) is 14.6 Å². The number of ether oxygens (including phenoxy) is 1. The van der Waals surface area contributed by atoms with E-state index in [1.54, 1.807) is 47.4 Å². The van der Waals surface area contributed by atoms with E-state index < -0.39 is 19.3 Å². The Morgan fingerprint density at radius 1 is 1.17 bits per heavy atom. The number of carbonyl (C=O) groups excluding carboxylic acids is 2. The number of benzene rings is 1. The maximum Gasteiger partial charge on any atom is 0.254 e. The first-order valence-corrected chi connectivity index (χ1v) is 11.4. The molecular weight excluding hydrogens is 470 g/mol. The molecule has 1 aliphatic heterocycles. The lowest BCUT2D eigenvalue weighted by Gasteiger charge is -2.32. The van der Waals surface area contributed by atoms with Gasteiger partial charge in [0, 0.05) is 30.8 Å². The summed E-state index contributed by atoms with van der Waals surface area (Å²) in [5, 5.41) is 4.60. The number of nitrogens with zero attached hydrogens (tertiary/aromatic N) is 4. The normalized spacial score (nSPS) is 15.8. The van der Waals surface area contributed by atoms with E-state index in [1.807, 2.05) is 0 Å². The van der Waals surface area contributed by atoms with Crippen molar-refractivity contribution < 1.29 is 23.1 Å². The molecule has 0 spiro atoms. The van der Waals surface area contributed by atoms with Gasteiger partial charge in [-0.15, -0.1) is 0 Å². The third-order valence-electron chi connectivity index (χ3n) is 5.87. The summed E-state index contributed by atoms with van der Waals surface area (Å²) >= 11 is 0. The van der Waals surface area contributed by atoms with Crippen molar-refractivity contribution in [1.82, 2.24) is 19.7 Å². The summed E-state index contributed by atoms with van der Waals surface area (Å²) in [5.74, 6) is -0.194. The van der Waals surface area contributed by atoms with E-state index in [2.05, 4.69) is 10.1 Å². The van der Waals surface area contributed by atoms with Crippen LogP contribution in [0.3, 0.4) is 0 Å². The van der Waals surface area contributed by atoms with E-state index in [4.69, 9.17) is 16.2 Å². The van der Waals surface area contributed by atoms with E-state index in [0.29, 0.717) is 42.9 Å². The van der Waals surface area contributed by atoms with Crippen LogP contribution in [0.5, 0.6) is 11.6 Å². The molecule has 3 aromatic rings. The summed E-state index contributed by atoms with van der Waals surface area (Å²) in [6, 6.07) is 11.3. The summed E-state index contributed by atoms with van der Waals surface area (Å²) in [7, 11) is 0. The van der Waals surface area contributed by atoms with E-state index in [0.717, 1.165) is 0 Å². The summed E-state index contributed by atoms with van der Waals surface area (Å²) in [6.45, 7) is -0.563. The number of pyridine rings is 1. The topological polar surface area (TPSA) is 129 Å². The zero-order chi connectivity index (χ0) is 25.7. The second-order valence-corrected chi connectivity index (χ2v) is 8.28. The van der Waals surface area contributed by atoms with Crippen molar-refractivity contribution in [1.29, 1.82) is 0 Å². The van der Waals surface area contributed by atoms with Gasteiger partial charge in [-0.3, -0.25) is 9.59 Å². The number of allylic oxidation sites excluding steroid dienone is 1. The van der Waals surface area contributed by atoms with Crippen molar-refractivity contribution in [2.45, 2.75) is 25.6 Å². The number of piperidine rings is 1. The lowest BCUT2D eigenvalue weighted by Crippen LogP contribution is -2.40. The Morgan fingerprint density at radius 3 is 2.64 bits per heavy atom. The van der Waals surface area contributed by atoms with Crippen LogP contribution in [0.1, 0.15) is 34.9 Å². The molecule has 0 aliphatic carbocycles. The molecule has 0 unspecified atom stereocenters. The van der Waals surface area contributed by atoms with Gasteiger partial charge in [-0.05, 0) is 49.2 Å². The van der Waals surface area contributed by atoms with Crippen LogP contribution >= 0.6 is 0 Å². The first-order valence-electron chi connectivity index (χ1n) is 11.4. The molecule has 2 aromatic heterocycles. The number of likely N-dealkylation sites (tertiary alicyclic amines) is 1. The molecule has 1 aromatic carbocycles. The zero-order valence-electron chi connectivity index (χ0n) is 19.4. The molecule has 0 radical (unpaired) electrons. The minimum absolute atomic E-state index is 0.0850. The van der Waals surface area contributed by atoms with Gasteiger partial charge in [0.25, 0.3) is 5.91 Å². The quantitative estimate of drug-likeness (QED) is 0.459. The van der Waals surface area contributed by atoms with Crippen molar-refractivity contribution >= 4 is 17.6 Å². The summed E-state index contributed by atoms with van der Waals surface area (Å²) in [4.78, 5) is 30.3. The summed E-state index contributed by atoms with van der Waals surface area (Å²) in [6.07, 6.45) is 3.77. The van der Waals surface area contributed by atoms with Gasteiger partial charge in [0.1, 0.15) is 36.2 Å². The average molecular weight is 497 g/mol. The molecule has 4 rings (SSSR count). The monoisotopic (exact) mass is 496 g/mol. The van der Waals surface area contributed by atoms with Gasteiger partial charge < -0.3 is 21.1 Å². The second kappa shape index (κ2) is 11.0. The Labute approximate surface area is 206 Å². The highest BCUT2D eigenvalue weighted by molar-refractivity contribution is 6.03. The fourth-order valence-electron chi connectivity index (χ4n) is 4.17. The lowest BCUT2D eigenvalue weighted by molar-refractivity contribution is -0.127. The Morgan fingerprint density at radius 2 is 1.94 bits per heavy atom. The predicted molar refractivity (Wildman–Crippen MR) is 130 cm³/mol. The maximum absolute atomic E-state index is 12.9. The molecule has 4 N–H and O–H groups in total. The average Bonchev–Trinajstić information content (AvgIpc) is 3.25. The van der Waals surface area contributed by atoms with E-state index in [1.165, 1.54) is 16.8 Å². The van der Waals surface area contributed by atoms with Gasteiger partial charge in [-0.2, -0.15) is 5.10 Å². The Bertz CT molecular complexity index is 1280. The minimum Gasteiger partial charge on any atom is -0.439 e. The van der Waals surface area contributed by atoms with Gasteiger partial charge in [0.15, 0.2) is 0 Å². The summed E-state index contributed by atoms with van der Waals surface area (Å²) in [5.41, 5.74) is 13.2. The third kappa shape index (κ3) is 5.35. The standard InChI is InChI=1S/C25H26F2N6O3/c26-12-2-7-21(34)32-13-3-5-18(15-32)33-24(28)22(25(29)35)23(31-33)16-8-10-19(11-9-16)36-20-6-1-4-17(14-27)30-20/h1-2,4,6-11,18H,3,5,12-15,28H2,(H2,29,35)/b7-2+/t18-/m1/s1. The molecule has 2 amide bonds. The van der Waals surface area contributed by atoms with Crippen molar-refractivity contribution in [3.05, 3.63) is 65.9 Å². The molecule has 36 heavy (non-hydrogen) atoms. The number of anilines is 1. The van der Waals surface area contributed by atoms with Crippen molar-refractivity contribution in [3.8, 4) is 22.9 Å². The highest BCUT2D eigenvalue weighted by Crippen LogP contribution is 2.33. The number of amides is 2. The zero-order valence-corrected chi connectivity index (χ0v) is 19.4. The van der Waals surface area contributed by atoms with Gasteiger partial charge in [0.2, 0.25) is 11.8 Å². The smallest absolute Gasteiger partial charge is 0.254 e. The first-order chi connectivity index (χ1) is 17.4. The molecular formula is C25H26F2N6O3. The molecule has 1 aliphatic rings. The number of halogens is 2. The van der Waals surface area contributed by atoms with Crippen LogP contribution in [0.25, 0.3) is 11.3 Å². The van der Waals surface area contributed by atoms with Crippen LogP contribution in [-0.4, -0.2) is 51.2 Å². The van der Waals surface area contributed by atoms with Crippen molar-refractivity contribution in [2.24, 2.45) is 5.73 Å². The minimum atomic E-state index is -0.726. The molecule has 11 heteroatoms. The fourth-order valence-corrected chi connectivity index (χ4v) is 4.17. The number of carbonyl (C=O) groups is 2. The van der Waals surface area contributed by atoms with Gasteiger partial charge >= 0.3 is 0 Å². The highest BCUT2D eigenvalue weighted by atomic mass is 19.1. The number of hydrogen-bond acceptors (Lipinski definition) is 6. The van der Waals surface area contributed by atoms with Crippen molar-refractivity contribution in [3.63, 3.8) is 0 Å². The number of alkyl halides is 2. The Kier molecular flexibility index (Phi) is 7.57. The summed E-state index contributed by atoms with van der Waals surface area (Å²) < 4.78 is 32.5. The fraction of sp³-hybridized carbons (Fsp3) is 0.280. The maximum atomic E-state index is 12.9. The van der Waals surface area contributed by atoms with Crippen LogP contribution in [0.15, 0.2) is 54.6 Å². The molecule has 188 valence electrons.